The Kier molecular flexibility index (Phi) is 4.01. The standard InChI is InChI=1S/C16H18N2O2S/c1-2-11-10-18(7-8-21-11)15-9-13(16(19)20)12-5-3-4-6-14(12)17-15/h3-6,9,11H,2,7-8,10H2,1H3,(H,19,20). The number of benzene rings is 1. The van der Waals surface area contributed by atoms with Crippen molar-refractivity contribution in [1.29, 1.82) is 0 Å². The molecule has 5 heteroatoms. The lowest BCUT2D eigenvalue weighted by Gasteiger charge is -2.33. The molecule has 2 aromatic rings. The molecule has 0 aliphatic carbocycles. The van der Waals surface area contributed by atoms with E-state index in [1.165, 1.54) is 0 Å². The third-order valence-corrected chi connectivity index (χ3v) is 5.22. The molecule has 0 bridgehead atoms. The Morgan fingerprint density at radius 1 is 1.48 bits per heavy atom. The summed E-state index contributed by atoms with van der Waals surface area (Å²) in [5.41, 5.74) is 1.08. The van der Waals surface area contributed by atoms with Crippen molar-refractivity contribution < 1.29 is 9.90 Å². The lowest BCUT2D eigenvalue weighted by atomic mass is 10.1. The van der Waals surface area contributed by atoms with E-state index in [0.717, 1.165) is 36.6 Å². The van der Waals surface area contributed by atoms with Crippen molar-refractivity contribution in [2.75, 3.05) is 23.7 Å². The van der Waals surface area contributed by atoms with Crippen molar-refractivity contribution in [3.63, 3.8) is 0 Å². The number of nitrogens with zero attached hydrogens (tertiary/aromatic N) is 2. The molecule has 1 aliphatic heterocycles. The van der Waals surface area contributed by atoms with Crippen LogP contribution in [0, 0.1) is 0 Å². The molecule has 0 saturated carbocycles. The van der Waals surface area contributed by atoms with Gasteiger partial charge in [0.25, 0.3) is 0 Å². The minimum atomic E-state index is -0.895. The fourth-order valence-corrected chi connectivity index (χ4v) is 3.85. The van der Waals surface area contributed by atoms with Gasteiger partial charge in [-0.1, -0.05) is 25.1 Å². The van der Waals surface area contributed by atoms with Gasteiger partial charge in [0.05, 0.1) is 11.1 Å². The zero-order valence-electron chi connectivity index (χ0n) is 12.0. The summed E-state index contributed by atoms with van der Waals surface area (Å²) in [7, 11) is 0. The molecule has 1 unspecified atom stereocenters. The molecular weight excluding hydrogens is 284 g/mol. The van der Waals surface area contributed by atoms with E-state index in [9.17, 15) is 9.90 Å². The molecule has 4 nitrogen and oxygen atoms in total. The molecule has 1 N–H and O–H groups in total. The molecular formula is C16H18N2O2S. The second-order valence-corrected chi connectivity index (χ2v) is 6.61. The Labute approximate surface area is 128 Å². The minimum Gasteiger partial charge on any atom is -0.478 e. The van der Waals surface area contributed by atoms with Gasteiger partial charge in [0.2, 0.25) is 0 Å². The van der Waals surface area contributed by atoms with E-state index in [1.807, 2.05) is 36.0 Å². The van der Waals surface area contributed by atoms with Gasteiger partial charge in [-0.15, -0.1) is 0 Å². The average Bonchev–Trinajstić information content (AvgIpc) is 2.53. The van der Waals surface area contributed by atoms with Crippen LogP contribution in [0.2, 0.25) is 0 Å². The third-order valence-electron chi connectivity index (χ3n) is 3.85. The van der Waals surface area contributed by atoms with Gasteiger partial charge in [-0.3, -0.25) is 0 Å². The van der Waals surface area contributed by atoms with E-state index in [0.29, 0.717) is 16.2 Å². The first-order valence-corrected chi connectivity index (χ1v) is 8.23. The largest absolute Gasteiger partial charge is 0.478 e. The fourth-order valence-electron chi connectivity index (χ4n) is 2.67. The molecule has 0 amide bonds. The molecule has 1 aromatic carbocycles. The molecule has 1 aliphatic rings. The number of carboxylic acid groups (broad SMARTS) is 1. The van der Waals surface area contributed by atoms with Gasteiger partial charge >= 0.3 is 5.97 Å². The zero-order chi connectivity index (χ0) is 14.8. The minimum absolute atomic E-state index is 0.335. The highest BCUT2D eigenvalue weighted by Gasteiger charge is 2.22. The van der Waals surface area contributed by atoms with E-state index >= 15 is 0 Å². The van der Waals surface area contributed by atoms with Crippen LogP contribution < -0.4 is 4.90 Å². The van der Waals surface area contributed by atoms with E-state index in [1.54, 1.807) is 6.07 Å². The average molecular weight is 302 g/mol. The number of carboxylic acids is 1. The Balaban J connectivity index is 2.04. The molecule has 1 fully saturated rings. The molecule has 3 rings (SSSR count). The van der Waals surface area contributed by atoms with Crippen LogP contribution in [0.3, 0.4) is 0 Å². The van der Waals surface area contributed by atoms with Crippen LogP contribution in [0.4, 0.5) is 5.82 Å². The quantitative estimate of drug-likeness (QED) is 0.943. The predicted octanol–water partition coefficient (Wildman–Crippen LogP) is 3.26. The van der Waals surface area contributed by atoms with Crippen LogP contribution in [0.15, 0.2) is 30.3 Å². The zero-order valence-corrected chi connectivity index (χ0v) is 12.8. The number of fused-ring (bicyclic) bond motifs is 1. The molecule has 21 heavy (non-hydrogen) atoms. The molecule has 0 radical (unpaired) electrons. The van der Waals surface area contributed by atoms with Gasteiger partial charge < -0.3 is 10.0 Å². The highest BCUT2D eigenvalue weighted by atomic mass is 32.2. The number of anilines is 1. The van der Waals surface area contributed by atoms with Crippen LogP contribution >= 0.6 is 11.8 Å². The van der Waals surface area contributed by atoms with E-state index in [4.69, 9.17) is 0 Å². The molecule has 2 heterocycles. The highest BCUT2D eigenvalue weighted by Crippen LogP contribution is 2.28. The monoisotopic (exact) mass is 302 g/mol. The Morgan fingerprint density at radius 3 is 3.05 bits per heavy atom. The van der Waals surface area contributed by atoms with Crippen molar-refractivity contribution in [2.24, 2.45) is 0 Å². The van der Waals surface area contributed by atoms with Crippen molar-refractivity contribution in [3.05, 3.63) is 35.9 Å². The normalized spacial score (nSPS) is 18.9. The Hall–Kier alpha value is -1.75. The van der Waals surface area contributed by atoms with Crippen LogP contribution in [-0.4, -0.2) is 40.2 Å². The van der Waals surface area contributed by atoms with E-state index in [-0.39, 0.29) is 0 Å². The van der Waals surface area contributed by atoms with Crippen molar-refractivity contribution in [2.45, 2.75) is 18.6 Å². The number of para-hydroxylation sites is 1. The molecule has 1 atom stereocenters. The first kappa shape index (κ1) is 14.2. The summed E-state index contributed by atoms with van der Waals surface area (Å²) in [6.07, 6.45) is 1.13. The number of hydrogen-bond acceptors (Lipinski definition) is 4. The number of hydrogen-bond donors (Lipinski definition) is 1. The van der Waals surface area contributed by atoms with E-state index in [2.05, 4.69) is 16.8 Å². The fraction of sp³-hybridized carbons (Fsp3) is 0.375. The molecule has 1 aromatic heterocycles. The van der Waals surface area contributed by atoms with Gasteiger partial charge in [0, 0.05) is 29.5 Å². The molecule has 1 saturated heterocycles. The molecule has 110 valence electrons. The van der Waals surface area contributed by atoms with Gasteiger partial charge in [0.1, 0.15) is 5.82 Å². The van der Waals surface area contributed by atoms with Crippen molar-refractivity contribution >= 4 is 34.5 Å². The van der Waals surface area contributed by atoms with Crippen molar-refractivity contribution in [3.8, 4) is 0 Å². The summed E-state index contributed by atoms with van der Waals surface area (Å²) in [5, 5.41) is 10.8. The summed E-state index contributed by atoms with van der Waals surface area (Å²) in [4.78, 5) is 18.4. The second-order valence-electron chi connectivity index (χ2n) is 5.20. The number of aromatic carboxylic acids is 1. The van der Waals surface area contributed by atoms with Gasteiger partial charge in [-0.05, 0) is 18.6 Å². The third kappa shape index (κ3) is 2.83. The predicted molar refractivity (Wildman–Crippen MR) is 87.5 cm³/mol. The van der Waals surface area contributed by atoms with E-state index < -0.39 is 5.97 Å². The Morgan fingerprint density at radius 2 is 2.29 bits per heavy atom. The summed E-state index contributed by atoms with van der Waals surface area (Å²) in [5.74, 6) is 0.952. The van der Waals surface area contributed by atoms with Gasteiger partial charge in [-0.2, -0.15) is 11.8 Å². The smallest absolute Gasteiger partial charge is 0.336 e. The number of rotatable bonds is 3. The Bertz CT molecular complexity index is 674. The summed E-state index contributed by atoms with van der Waals surface area (Å²) >= 11 is 1.99. The number of pyridine rings is 1. The first-order chi connectivity index (χ1) is 10.2. The maximum atomic E-state index is 11.5. The summed E-state index contributed by atoms with van der Waals surface area (Å²) in [6, 6.07) is 9.15. The van der Waals surface area contributed by atoms with Gasteiger partial charge in [-0.25, -0.2) is 9.78 Å². The number of aromatic nitrogens is 1. The number of carbonyl (C=O) groups is 1. The van der Waals surface area contributed by atoms with Crippen LogP contribution in [0.5, 0.6) is 0 Å². The van der Waals surface area contributed by atoms with Crippen LogP contribution in [-0.2, 0) is 0 Å². The SMILES string of the molecule is CCC1CN(c2cc(C(=O)O)c3ccccc3n2)CCS1. The lowest BCUT2D eigenvalue weighted by molar-refractivity contribution is 0.0699. The lowest BCUT2D eigenvalue weighted by Crippen LogP contribution is -2.38. The second kappa shape index (κ2) is 5.93. The summed E-state index contributed by atoms with van der Waals surface area (Å²) in [6.45, 7) is 4.05. The molecule has 0 spiro atoms. The maximum absolute atomic E-state index is 11.5. The van der Waals surface area contributed by atoms with Gasteiger partial charge in [0.15, 0.2) is 0 Å². The summed E-state index contributed by atoms with van der Waals surface area (Å²) < 4.78 is 0. The maximum Gasteiger partial charge on any atom is 0.336 e. The topological polar surface area (TPSA) is 53.4 Å². The van der Waals surface area contributed by atoms with Crippen LogP contribution in [0.25, 0.3) is 10.9 Å². The highest BCUT2D eigenvalue weighted by molar-refractivity contribution is 8.00. The van der Waals surface area contributed by atoms with Crippen LogP contribution in [0.1, 0.15) is 23.7 Å². The first-order valence-electron chi connectivity index (χ1n) is 7.18. The number of thioether (sulfide) groups is 1. The van der Waals surface area contributed by atoms with Crippen molar-refractivity contribution in [1.82, 2.24) is 4.98 Å².